The van der Waals surface area contributed by atoms with Gasteiger partial charge < -0.3 is 9.64 Å². The summed E-state index contributed by atoms with van der Waals surface area (Å²) in [6.07, 6.45) is 4.32. The average molecular weight is 807 g/mol. The van der Waals surface area contributed by atoms with E-state index in [1.165, 1.54) is 6.26 Å². The molecule has 288 valence electrons. The number of piperazine rings is 1. The van der Waals surface area contributed by atoms with E-state index in [9.17, 15) is 16.8 Å². The highest BCUT2D eigenvalue weighted by Gasteiger charge is 2.55. The van der Waals surface area contributed by atoms with Gasteiger partial charge in [-0.15, -0.1) is 0 Å². The molecule has 1 unspecified atom stereocenters. The van der Waals surface area contributed by atoms with Crippen LogP contribution in [0.15, 0.2) is 65.6 Å². The molecule has 15 heteroatoms. The number of nitrogens with zero attached hydrogens (tertiary/aromatic N) is 3. The number of hydrogen-bond acceptors (Lipinski definition) is 9. The van der Waals surface area contributed by atoms with Crippen LogP contribution in [0.4, 0.5) is 0 Å². The Labute approximate surface area is 323 Å². The number of amides is 1. The van der Waals surface area contributed by atoms with Gasteiger partial charge in [0.1, 0.15) is 15.6 Å². The Morgan fingerprint density at radius 2 is 1.38 bits per heavy atom. The lowest BCUT2D eigenvalue weighted by Crippen LogP contribution is -2.62. The van der Waals surface area contributed by atoms with Crippen LogP contribution in [-0.4, -0.2) is 101 Å². The van der Waals surface area contributed by atoms with Crippen molar-refractivity contribution in [2.75, 3.05) is 64.4 Å². The highest BCUT2D eigenvalue weighted by molar-refractivity contribution is 7.90. The topological polar surface area (TPSA) is 128 Å². The van der Waals surface area contributed by atoms with Gasteiger partial charge >= 0.3 is 0 Å². The number of sulfonamides is 1. The third kappa shape index (κ3) is 8.88. The highest BCUT2D eigenvalue weighted by Crippen LogP contribution is 2.46. The number of halogens is 2. The second-order valence-corrected chi connectivity index (χ2v) is 19.3. The second kappa shape index (κ2) is 16.5. The van der Waals surface area contributed by atoms with Crippen LogP contribution >= 0.6 is 23.2 Å². The molecular weight excluding hydrogens is 757 g/mol. The third-order valence-electron chi connectivity index (χ3n) is 10.4. The van der Waals surface area contributed by atoms with E-state index in [0.29, 0.717) is 85.8 Å². The minimum absolute atomic E-state index is 0.109. The van der Waals surface area contributed by atoms with Crippen molar-refractivity contribution >= 4 is 49.0 Å². The summed E-state index contributed by atoms with van der Waals surface area (Å²) < 4.78 is 59.9. The predicted octanol–water partition coefficient (Wildman–Crippen LogP) is 5.28. The molecule has 3 aliphatic rings. The molecule has 0 saturated carbocycles. The molecule has 11 nitrogen and oxygen atoms in total. The molecule has 3 aliphatic heterocycles. The summed E-state index contributed by atoms with van der Waals surface area (Å²) in [5, 5.41) is 8.56. The Hall–Kier alpha value is -2.75. The van der Waals surface area contributed by atoms with E-state index in [4.69, 9.17) is 27.9 Å². The van der Waals surface area contributed by atoms with Crippen molar-refractivity contribution in [1.29, 1.82) is 0 Å². The van der Waals surface area contributed by atoms with Gasteiger partial charge in [0.15, 0.2) is 5.66 Å². The lowest BCUT2D eigenvalue weighted by atomic mass is 9.95. The summed E-state index contributed by atoms with van der Waals surface area (Å²) in [6.45, 7) is 7.33. The first-order valence-electron chi connectivity index (χ1n) is 18.3. The molecule has 0 radical (unpaired) electrons. The van der Waals surface area contributed by atoms with Crippen molar-refractivity contribution in [2.24, 2.45) is 0 Å². The average Bonchev–Trinajstić information content (AvgIpc) is 3.54. The number of piperidine rings is 1. The standard InChI is InChI=1S/C38H49Cl2N5O6S2/c1-4-51-33-25-27(2)34(53(49,50)45-18-6-5-7-19-45)26-32(33)38(37(46)44-22-20-43(21-23-44)17-8-24-52(3,47)48)41-35(28-9-13-30(39)14-10-28)36(42-38)29-11-15-31(40)16-12-29/h9-16,25-26,35-36,41-42H,4-8,17-24H2,1-3H3/t35-,36+,38?. The summed E-state index contributed by atoms with van der Waals surface area (Å²) >= 11 is 12.7. The van der Waals surface area contributed by atoms with Crippen LogP contribution in [0, 0.1) is 6.92 Å². The second-order valence-electron chi connectivity index (χ2n) is 14.2. The maximum Gasteiger partial charge on any atom is 0.262 e. The van der Waals surface area contributed by atoms with Gasteiger partial charge in [0.2, 0.25) is 10.0 Å². The maximum absolute atomic E-state index is 15.4. The van der Waals surface area contributed by atoms with Crippen molar-refractivity contribution in [3.63, 3.8) is 0 Å². The quantitative estimate of drug-likeness (QED) is 0.251. The van der Waals surface area contributed by atoms with Crippen molar-refractivity contribution in [1.82, 2.24) is 24.7 Å². The molecule has 3 fully saturated rings. The van der Waals surface area contributed by atoms with E-state index in [1.54, 1.807) is 28.3 Å². The molecule has 6 rings (SSSR count). The summed E-state index contributed by atoms with van der Waals surface area (Å²) in [7, 11) is -6.98. The molecule has 0 bridgehead atoms. The van der Waals surface area contributed by atoms with Crippen LogP contribution in [-0.2, 0) is 30.3 Å². The fraction of sp³-hybridized carbons (Fsp3) is 0.500. The van der Waals surface area contributed by atoms with Crippen LogP contribution in [0.2, 0.25) is 10.0 Å². The number of nitrogens with one attached hydrogen (secondary N) is 2. The molecule has 2 N–H and O–H groups in total. The molecule has 0 aliphatic carbocycles. The first kappa shape index (κ1) is 39.9. The molecule has 3 heterocycles. The smallest absolute Gasteiger partial charge is 0.262 e. The van der Waals surface area contributed by atoms with Gasteiger partial charge in [0, 0.05) is 61.1 Å². The van der Waals surface area contributed by atoms with E-state index in [-0.39, 0.29) is 16.6 Å². The van der Waals surface area contributed by atoms with Crippen LogP contribution in [0.3, 0.4) is 0 Å². The highest BCUT2D eigenvalue weighted by atomic mass is 35.5. The third-order valence-corrected chi connectivity index (χ3v) is 14.0. The lowest BCUT2D eigenvalue weighted by Gasteiger charge is -2.41. The molecule has 3 atom stereocenters. The van der Waals surface area contributed by atoms with Crippen LogP contribution in [0.5, 0.6) is 5.75 Å². The maximum atomic E-state index is 15.4. The van der Waals surface area contributed by atoms with Crippen LogP contribution in [0.1, 0.15) is 66.9 Å². The summed E-state index contributed by atoms with van der Waals surface area (Å²) in [5.41, 5.74) is 1.04. The van der Waals surface area contributed by atoms with Crippen molar-refractivity contribution in [3.05, 3.63) is 93.0 Å². The number of ether oxygens (including phenoxy) is 1. The molecule has 3 saturated heterocycles. The zero-order valence-corrected chi connectivity index (χ0v) is 33.6. The van der Waals surface area contributed by atoms with Crippen LogP contribution in [0.25, 0.3) is 0 Å². The molecule has 53 heavy (non-hydrogen) atoms. The summed E-state index contributed by atoms with van der Waals surface area (Å²) in [5.74, 6) is 0.245. The van der Waals surface area contributed by atoms with Gasteiger partial charge in [-0.1, -0.05) is 53.9 Å². The predicted molar refractivity (Wildman–Crippen MR) is 209 cm³/mol. The molecule has 3 aromatic carbocycles. The lowest BCUT2D eigenvalue weighted by molar-refractivity contribution is -0.141. The Bertz CT molecular complexity index is 1930. The largest absolute Gasteiger partial charge is 0.493 e. The summed E-state index contributed by atoms with van der Waals surface area (Å²) in [4.78, 5) is 19.5. The fourth-order valence-electron chi connectivity index (χ4n) is 7.67. The monoisotopic (exact) mass is 805 g/mol. The fourth-order valence-corrected chi connectivity index (χ4v) is 10.3. The van der Waals surface area contributed by atoms with Gasteiger partial charge in [-0.2, -0.15) is 4.31 Å². The molecule has 0 aromatic heterocycles. The van der Waals surface area contributed by atoms with Crippen molar-refractivity contribution < 1.29 is 26.4 Å². The molecule has 1 amide bonds. The number of sulfone groups is 1. The Balaban J connectivity index is 1.47. The zero-order valence-electron chi connectivity index (χ0n) is 30.5. The van der Waals surface area contributed by atoms with E-state index < -0.39 is 37.6 Å². The number of benzene rings is 3. The molecule has 3 aromatic rings. The zero-order chi connectivity index (χ0) is 38.0. The number of aryl methyl sites for hydroxylation is 1. The number of carbonyl (C=O) groups excluding carboxylic acids is 1. The van der Waals surface area contributed by atoms with Crippen LogP contribution < -0.4 is 15.4 Å². The van der Waals surface area contributed by atoms with E-state index >= 15 is 4.79 Å². The number of hydrogen-bond donors (Lipinski definition) is 2. The summed E-state index contributed by atoms with van der Waals surface area (Å²) in [6, 6.07) is 17.4. The SMILES string of the molecule is CCOc1cc(C)c(S(=O)(=O)N2CCCCC2)cc1C1(C(=O)N2CCN(CCCS(C)(=O)=O)CC2)N[C@H](c2ccc(Cl)cc2)[C@H](c2ccc(Cl)cc2)N1. The van der Waals surface area contributed by atoms with Gasteiger partial charge in [-0.3, -0.25) is 20.3 Å². The first-order chi connectivity index (χ1) is 25.2. The van der Waals surface area contributed by atoms with Gasteiger partial charge in [0.25, 0.3) is 5.91 Å². The Morgan fingerprint density at radius 3 is 1.89 bits per heavy atom. The van der Waals surface area contributed by atoms with Crippen molar-refractivity contribution in [2.45, 2.75) is 62.2 Å². The Morgan fingerprint density at radius 1 is 0.830 bits per heavy atom. The van der Waals surface area contributed by atoms with Gasteiger partial charge in [-0.05, 0) is 92.7 Å². The molecular formula is C38H49Cl2N5O6S2. The van der Waals surface area contributed by atoms with E-state index in [2.05, 4.69) is 15.5 Å². The Kier molecular flexibility index (Phi) is 12.5. The van der Waals surface area contributed by atoms with E-state index in [0.717, 1.165) is 30.4 Å². The first-order valence-corrected chi connectivity index (χ1v) is 22.5. The van der Waals surface area contributed by atoms with Gasteiger partial charge in [-0.25, -0.2) is 16.8 Å². The minimum atomic E-state index is -3.90. The number of carbonyl (C=O) groups is 1. The van der Waals surface area contributed by atoms with Gasteiger partial charge in [0.05, 0.1) is 29.3 Å². The normalized spacial score (nSPS) is 23.3. The molecule has 0 spiro atoms. The van der Waals surface area contributed by atoms with E-state index in [1.807, 2.05) is 55.5 Å². The minimum Gasteiger partial charge on any atom is -0.493 e. The number of rotatable bonds is 12. The van der Waals surface area contributed by atoms with Crippen molar-refractivity contribution in [3.8, 4) is 5.75 Å².